The SMILES string of the molecule is CN(C)C1CCN(Cc2cc3nc(-c4c[nH]c(=O)c5ccccc45)nc(N4CCOCC4)c3s2)CC1. The fourth-order valence-electron chi connectivity index (χ4n) is 5.36. The van der Waals surface area contributed by atoms with E-state index in [0.29, 0.717) is 30.5 Å². The molecule has 0 amide bonds. The van der Waals surface area contributed by atoms with Gasteiger partial charge in [0.15, 0.2) is 11.6 Å². The molecule has 0 bridgehead atoms. The molecule has 5 heterocycles. The third kappa shape index (κ3) is 4.52. The van der Waals surface area contributed by atoms with E-state index in [0.717, 1.165) is 59.7 Å². The van der Waals surface area contributed by atoms with Gasteiger partial charge in [0.25, 0.3) is 5.56 Å². The maximum atomic E-state index is 12.4. The zero-order chi connectivity index (χ0) is 24.6. The van der Waals surface area contributed by atoms with Crippen molar-refractivity contribution in [1.29, 1.82) is 0 Å². The smallest absolute Gasteiger partial charge is 0.255 e. The number of piperidine rings is 1. The van der Waals surface area contributed by atoms with Gasteiger partial charge < -0.3 is 19.5 Å². The molecule has 0 aliphatic carbocycles. The van der Waals surface area contributed by atoms with E-state index >= 15 is 0 Å². The van der Waals surface area contributed by atoms with E-state index in [1.807, 2.05) is 35.6 Å². The zero-order valence-electron chi connectivity index (χ0n) is 20.9. The number of hydrogen-bond acceptors (Lipinski definition) is 8. The number of aromatic nitrogens is 3. The first-order chi connectivity index (χ1) is 17.6. The number of pyridine rings is 1. The lowest BCUT2D eigenvalue weighted by Crippen LogP contribution is -2.41. The topological polar surface area (TPSA) is 77.6 Å². The Morgan fingerprint density at radius 1 is 1.08 bits per heavy atom. The maximum absolute atomic E-state index is 12.4. The van der Waals surface area contributed by atoms with Gasteiger partial charge in [-0.1, -0.05) is 18.2 Å². The van der Waals surface area contributed by atoms with Crippen molar-refractivity contribution in [2.45, 2.75) is 25.4 Å². The van der Waals surface area contributed by atoms with Crippen LogP contribution in [0.15, 0.2) is 41.3 Å². The second-order valence-corrected chi connectivity index (χ2v) is 11.1. The van der Waals surface area contributed by atoms with Gasteiger partial charge >= 0.3 is 0 Å². The van der Waals surface area contributed by atoms with Crippen molar-refractivity contribution < 1.29 is 4.74 Å². The Morgan fingerprint density at radius 2 is 1.83 bits per heavy atom. The van der Waals surface area contributed by atoms with Gasteiger partial charge in [-0.25, -0.2) is 9.97 Å². The number of anilines is 1. The van der Waals surface area contributed by atoms with Crippen LogP contribution < -0.4 is 10.5 Å². The highest BCUT2D eigenvalue weighted by Crippen LogP contribution is 2.36. The first-order valence-corrected chi connectivity index (χ1v) is 13.5. The van der Waals surface area contributed by atoms with Gasteiger partial charge in [-0.05, 0) is 44.5 Å². The Bertz CT molecular complexity index is 1430. The summed E-state index contributed by atoms with van der Waals surface area (Å²) in [4.78, 5) is 34.0. The third-order valence-corrected chi connectivity index (χ3v) is 8.54. The number of nitrogens with one attached hydrogen (secondary N) is 1. The lowest BCUT2D eigenvalue weighted by molar-refractivity contribution is 0.122. The van der Waals surface area contributed by atoms with Gasteiger partial charge in [0.05, 0.1) is 23.4 Å². The summed E-state index contributed by atoms with van der Waals surface area (Å²) in [5.41, 5.74) is 1.72. The fraction of sp³-hybridized carbons (Fsp3) is 0.444. The van der Waals surface area contributed by atoms with E-state index in [1.165, 1.54) is 17.7 Å². The third-order valence-electron chi connectivity index (χ3n) is 7.43. The van der Waals surface area contributed by atoms with E-state index in [4.69, 9.17) is 14.7 Å². The summed E-state index contributed by atoms with van der Waals surface area (Å²) in [6.45, 7) is 6.19. The number of benzene rings is 1. The molecule has 2 saturated heterocycles. The van der Waals surface area contributed by atoms with Crippen LogP contribution >= 0.6 is 11.3 Å². The first kappa shape index (κ1) is 23.5. The van der Waals surface area contributed by atoms with Gasteiger partial charge in [0, 0.05) is 60.8 Å². The minimum atomic E-state index is -0.0975. The lowest BCUT2D eigenvalue weighted by atomic mass is 10.0. The molecule has 1 aromatic carbocycles. The predicted octanol–water partition coefficient (Wildman–Crippen LogP) is 3.56. The van der Waals surface area contributed by atoms with Crippen molar-refractivity contribution in [1.82, 2.24) is 24.8 Å². The van der Waals surface area contributed by atoms with Crippen LogP contribution in [-0.2, 0) is 11.3 Å². The van der Waals surface area contributed by atoms with Crippen LogP contribution in [0.4, 0.5) is 5.82 Å². The Hall–Kier alpha value is -2.85. The fourth-order valence-corrected chi connectivity index (χ4v) is 6.52. The van der Waals surface area contributed by atoms with Crippen LogP contribution in [0.25, 0.3) is 32.4 Å². The number of H-pyrrole nitrogens is 1. The number of nitrogens with zero attached hydrogens (tertiary/aromatic N) is 5. The Kier molecular flexibility index (Phi) is 6.47. The molecule has 2 aliphatic heterocycles. The molecule has 9 heteroatoms. The van der Waals surface area contributed by atoms with Crippen molar-refractivity contribution in [3.8, 4) is 11.4 Å². The van der Waals surface area contributed by atoms with Crippen molar-refractivity contribution in [3.05, 3.63) is 51.8 Å². The molecule has 188 valence electrons. The lowest BCUT2D eigenvalue weighted by Gasteiger charge is -2.34. The van der Waals surface area contributed by atoms with Crippen LogP contribution in [0.5, 0.6) is 0 Å². The highest BCUT2D eigenvalue weighted by atomic mass is 32.1. The van der Waals surface area contributed by atoms with Gasteiger partial charge in [0.1, 0.15) is 0 Å². The molecule has 4 aromatic rings. The number of aromatic amines is 1. The summed E-state index contributed by atoms with van der Waals surface area (Å²) < 4.78 is 6.75. The van der Waals surface area contributed by atoms with Crippen LogP contribution in [-0.4, -0.2) is 84.3 Å². The predicted molar refractivity (Wildman–Crippen MR) is 146 cm³/mol. The van der Waals surface area contributed by atoms with E-state index < -0.39 is 0 Å². The standard InChI is InChI=1S/C27H32N6O2S/c1-31(2)18-7-9-32(10-8-18)17-19-15-23-24(36-19)26(33-11-13-35-14-12-33)30-25(29-23)22-16-28-27(34)21-6-4-3-5-20(21)22/h3-6,15-16,18H,7-14,17H2,1-2H3,(H,28,34). The van der Waals surface area contributed by atoms with Crippen molar-refractivity contribution in [2.24, 2.45) is 0 Å². The minimum Gasteiger partial charge on any atom is -0.378 e. The molecule has 6 rings (SSSR count). The molecule has 1 N–H and O–H groups in total. The normalized spacial score (nSPS) is 18.0. The summed E-state index contributed by atoms with van der Waals surface area (Å²) in [7, 11) is 4.36. The summed E-state index contributed by atoms with van der Waals surface area (Å²) >= 11 is 1.81. The van der Waals surface area contributed by atoms with Gasteiger partial charge in [-0.2, -0.15) is 0 Å². The highest BCUT2D eigenvalue weighted by molar-refractivity contribution is 7.19. The van der Waals surface area contributed by atoms with Crippen LogP contribution in [0, 0.1) is 0 Å². The molecule has 0 radical (unpaired) electrons. The number of fused-ring (bicyclic) bond motifs is 2. The molecule has 36 heavy (non-hydrogen) atoms. The van der Waals surface area contributed by atoms with Gasteiger partial charge in [0.2, 0.25) is 0 Å². The number of hydrogen-bond donors (Lipinski definition) is 1. The summed E-state index contributed by atoms with van der Waals surface area (Å²) in [6.07, 6.45) is 4.16. The average molecular weight is 505 g/mol. The molecular formula is C27H32N6O2S. The number of morpholine rings is 1. The van der Waals surface area contributed by atoms with E-state index in [1.54, 1.807) is 6.20 Å². The molecule has 2 aliphatic rings. The Labute approximate surface area is 214 Å². The number of ether oxygens (including phenoxy) is 1. The summed E-state index contributed by atoms with van der Waals surface area (Å²) in [5.74, 6) is 1.61. The van der Waals surface area contributed by atoms with E-state index in [2.05, 4.69) is 39.8 Å². The molecule has 0 atom stereocenters. The average Bonchev–Trinajstić information content (AvgIpc) is 3.31. The number of rotatable bonds is 5. The summed E-state index contributed by atoms with van der Waals surface area (Å²) in [5, 5.41) is 1.52. The second kappa shape index (κ2) is 9.89. The number of thiophene rings is 1. The van der Waals surface area contributed by atoms with Gasteiger partial charge in [-0.15, -0.1) is 11.3 Å². The summed E-state index contributed by atoms with van der Waals surface area (Å²) in [6, 6.07) is 10.6. The Balaban J connectivity index is 1.40. The quantitative estimate of drug-likeness (QED) is 0.445. The van der Waals surface area contributed by atoms with Gasteiger partial charge in [-0.3, -0.25) is 9.69 Å². The molecule has 3 aromatic heterocycles. The van der Waals surface area contributed by atoms with Crippen LogP contribution in [0.3, 0.4) is 0 Å². The molecule has 0 saturated carbocycles. The van der Waals surface area contributed by atoms with E-state index in [-0.39, 0.29) is 5.56 Å². The first-order valence-electron chi connectivity index (χ1n) is 12.7. The molecule has 8 nitrogen and oxygen atoms in total. The zero-order valence-corrected chi connectivity index (χ0v) is 21.7. The van der Waals surface area contributed by atoms with Crippen molar-refractivity contribution in [3.63, 3.8) is 0 Å². The van der Waals surface area contributed by atoms with Crippen molar-refractivity contribution in [2.75, 3.05) is 58.4 Å². The Morgan fingerprint density at radius 3 is 2.58 bits per heavy atom. The maximum Gasteiger partial charge on any atom is 0.255 e. The van der Waals surface area contributed by atoms with Crippen LogP contribution in [0.1, 0.15) is 17.7 Å². The largest absolute Gasteiger partial charge is 0.378 e. The molecule has 0 unspecified atom stereocenters. The second-order valence-electron chi connectivity index (χ2n) is 9.95. The molecule has 0 spiro atoms. The number of likely N-dealkylation sites (tertiary alicyclic amines) is 1. The minimum absolute atomic E-state index is 0.0975. The monoisotopic (exact) mass is 504 g/mol. The van der Waals surface area contributed by atoms with Crippen LogP contribution in [0.2, 0.25) is 0 Å². The van der Waals surface area contributed by atoms with Crippen molar-refractivity contribution >= 4 is 38.1 Å². The highest BCUT2D eigenvalue weighted by Gasteiger charge is 2.24. The molecule has 2 fully saturated rings. The van der Waals surface area contributed by atoms with E-state index in [9.17, 15) is 4.79 Å². The molecular weight excluding hydrogens is 472 g/mol.